The number of nitrogens with zero attached hydrogens (tertiary/aromatic N) is 4. The van der Waals surface area contributed by atoms with E-state index in [0.29, 0.717) is 26.2 Å². The van der Waals surface area contributed by atoms with Gasteiger partial charge in [0.05, 0.1) is 23.6 Å². The van der Waals surface area contributed by atoms with E-state index in [-0.39, 0.29) is 5.56 Å². The summed E-state index contributed by atoms with van der Waals surface area (Å²) in [7, 11) is 1.50. The molecule has 1 fully saturated rings. The molecule has 0 aliphatic carbocycles. The molecule has 4 aromatic rings. The van der Waals surface area contributed by atoms with Crippen LogP contribution in [0.15, 0.2) is 59.7 Å². The van der Waals surface area contributed by atoms with Gasteiger partial charge in [0.1, 0.15) is 10.5 Å². The lowest BCUT2D eigenvalue weighted by Crippen LogP contribution is -2.21. The molecule has 0 amide bonds. The molecule has 6 nitrogen and oxygen atoms in total. The van der Waals surface area contributed by atoms with Crippen LogP contribution in [0.25, 0.3) is 26.2 Å². The summed E-state index contributed by atoms with van der Waals surface area (Å²) < 4.78 is 40.2. The predicted molar refractivity (Wildman–Crippen MR) is 125 cm³/mol. The maximum Gasteiger partial charge on any atom is 0.416 e. The summed E-state index contributed by atoms with van der Waals surface area (Å²) in [6.07, 6.45) is 1.16. The van der Waals surface area contributed by atoms with Gasteiger partial charge in [0, 0.05) is 23.4 Å². The molecule has 172 valence electrons. The first kappa shape index (κ1) is 22.9. The van der Waals surface area contributed by atoms with Crippen LogP contribution in [0.2, 0.25) is 0 Å². The Labute approximate surface area is 192 Å². The topological polar surface area (TPSA) is 77.0 Å². The highest BCUT2D eigenvalue weighted by Gasteiger charge is 2.30. The van der Waals surface area contributed by atoms with Crippen molar-refractivity contribution < 1.29 is 13.2 Å². The molecule has 0 spiro atoms. The van der Waals surface area contributed by atoms with Gasteiger partial charge in [-0.25, -0.2) is 4.98 Å². The second kappa shape index (κ2) is 9.32. The van der Waals surface area contributed by atoms with Crippen molar-refractivity contribution in [1.82, 2.24) is 14.8 Å². The van der Waals surface area contributed by atoms with Crippen molar-refractivity contribution in [3.8, 4) is 16.1 Å². The number of alkyl halides is 3. The van der Waals surface area contributed by atoms with Crippen LogP contribution in [0, 0.1) is 0 Å². The highest BCUT2D eigenvalue weighted by molar-refractivity contribution is 7.22. The van der Waals surface area contributed by atoms with Crippen LogP contribution >= 0.6 is 11.3 Å². The Balaban J connectivity index is 0.00000126. The number of rotatable bonds is 3. The molecule has 5 rings (SSSR count). The van der Waals surface area contributed by atoms with Gasteiger partial charge in [-0.15, -0.1) is 11.3 Å². The lowest BCUT2D eigenvalue weighted by Gasteiger charge is -2.16. The van der Waals surface area contributed by atoms with Crippen LogP contribution in [0.1, 0.15) is 18.4 Å². The monoisotopic (exact) mass is 473 g/mol. The molecule has 0 atom stereocenters. The van der Waals surface area contributed by atoms with Crippen molar-refractivity contribution in [3.05, 3.63) is 70.8 Å². The van der Waals surface area contributed by atoms with Crippen LogP contribution in [-0.4, -0.2) is 34.9 Å². The Morgan fingerprint density at radius 1 is 1.00 bits per heavy atom. The Morgan fingerprint density at radius 2 is 1.70 bits per heavy atom. The fourth-order valence-electron chi connectivity index (χ4n) is 3.72. The predicted octanol–water partition coefficient (Wildman–Crippen LogP) is 4.70. The lowest BCUT2D eigenvalue weighted by molar-refractivity contribution is -0.137. The minimum Gasteiger partial charge on any atom is -0.357 e. The van der Waals surface area contributed by atoms with Crippen molar-refractivity contribution >= 4 is 27.2 Å². The third-order valence-electron chi connectivity index (χ3n) is 5.36. The van der Waals surface area contributed by atoms with Crippen LogP contribution in [-0.2, 0) is 6.18 Å². The second-order valence-electron chi connectivity index (χ2n) is 7.40. The van der Waals surface area contributed by atoms with Gasteiger partial charge in [-0.3, -0.25) is 4.79 Å². The largest absolute Gasteiger partial charge is 0.416 e. The summed E-state index contributed by atoms with van der Waals surface area (Å²) in [5, 5.41) is 4.92. The highest BCUT2D eigenvalue weighted by atomic mass is 32.1. The molecule has 0 bridgehead atoms. The van der Waals surface area contributed by atoms with E-state index in [4.69, 9.17) is 0 Å². The zero-order valence-corrected chi connectivity index (χ0v) is 18.7. The van der Waals surface area contributed by atoms with E-state index in [1.807, 2.05) is 12.1 Å². The van der Waals surface area contributed by atoms with Crippen LogP contribution in [0.5, 0.6) is 0 Å². The minimum atomic E-state index is -4.38. The van der Waals surface area contributed by atoms with E-state index in [0.717, 1.165) is 43.9 Å². The molecule has 10 heteroatoms. The first-order chi connectivity index (χ1) is 15.9. The normalized spacial score (nSPS) is 13.8. The molecule has 0 radical (unpaired) electrons. The summed E-state index contributed by atoms with van der Waals surface area (Å²) in [6, 6.07) is 10.4. The number of halogens is 3. The summed E-state index contributed by atoms with van der Waals surface area (Å²) >= 11 is 1.24. The average molecular weight is 474 g/mol. The quantitative estimate of drug-likeness (QED) is 0.467. The van der Waals surface area contributed by atoms with Gasteiger partial charge in [0.15, 0.2) is 0 Å². The van der Waals surface area contributed by atoms with E-state index in [2.05, 4.69) is 20.7 Å². The molecule has 1 saturated heterocycles. The van der Waals surface area contributed by atoms with Crippen molar-refractivity contribution in [2.24, 2.45) is 5.73 Å². The van der Waals surface area contributed by atoms with Crippen LogP contribution < -0.4 is 16.2 Å². The van der Waals surface area contributed by atoms with Gasteiger partial charge in [-0.1, -0.05) is 12.1 Å². The Morgan fingerprint density at radius 3 is 2.30 bits per heavy atom. The zero-order valence-electron chi connectivity index (χ0n) is 17.8. The number of hydrogen-bond donors (Lipinski definition) is 1. The molecule has 1 aromatic carbocycles. The standard InChI is InChI=1S/C22H17F3N4OS.CH5N/c23-22(24,25)16-5-3-14(4-6-16)18-11-15-12-27-29(21(30)20(15)31-18)17-7-8-19(26-13-17)28-9-1-2-10-28;1-2/h3-8,11-13H,1-2,9-10H2;2H2,1H3. The molecular formula is C23H22F3N5OS. The third kappa shape index (κ3) is 4.62. The zero-order chi connectivity index (χ0) is 23.6. The molecule has 4 heterocycles. The molecule has 3 aromatic heterocycles. The van der Waals surface area contributed by atoms with E-state index in [1.165, 1.54) is 35.2 Å². The highest BCUT2D eigenvalue weighted by Crippen LogP contribution is 2.34. The summed E-state index contributed by atoms with van der Waals surface area (Å²) in [5.41, 5.74) is 4.71. The number of nitrogens with two attached hydrogens (primary N) is 1. The summed E-state index contributed by atoms with van der Waals surface area (Å²) in [5.74, 6) is 0.885. The molecular weight excluding hydrogens is 451 g/mol. The number of hydrogen-bond acceptors (Lipinski definition) is 6. The minimum absolute atomic E-state index is 0.281. The van der Waals surface area contributed by atoms with Gasteiger partial charge >= 0.3 is 6.18 Å². The number of thiophene rings is 1. The van der Waals surface area contributed by atoms with Gasteiger partial charge in [-0.2, -0.15) is 23.0 Å². The van der Waals surface area contributed by atoms with Crippen molar-refractivity contribution in [2.75, 3.05) is 25.0 Å². The average Bonchev–Trinajstić information content (AvgIpc) is 3.51. The Bertz CT molecular complexity index is 1290. The van der Waals surface area contributed by atoms with Gasteiger partial charge in [0.25, 0.3) is 5.56 Å². The van der Waals surface area contributed by atoms with Crippen LogP contribution in [0.3, 0.4) is 0 Å². The Kier molecular flexibility index (Phi) is 6.48. The van der Waals surface area contributed by atoms with Gasteiger partial charge in [-0.05, 0) is 55.8 Å². The SMILES string of the molecule is CN.O=c1c2sc(-c3ccc(C(F)(F)F)cc3)cc2cnn1-c1ccc(N2CCCC2)nc1. The van der Waals surface area contributed by atoms with Gasteiger partial charge < -0.3 is 10.6 Å². The molecule has 33 heavy (non-hydrogen) atoms. The third-order valence-corrected chi connectivity index (χ3v) is 6.55. The molecule has 1 aliphatic rings. The number of fused-ring (bicyclic) bond motifs is 1. The van der Waals surface area contributed by atoms with Crippen molar-refractivity contribution in [1.29, 1.82) is 0 Å². The maximum absolute atomic E-state index is 13.0. The molecule has 0 unspecified atom stereocenters. The molecule has 1 aliphatic heterocycles. The molecule has 0 saturated carbocycles. The maximum atomic E-state index is 13.0. The van der Waals surface area contributed by atoms with E-state index in [1.54, 1.807) is 18.5 Å². The fraction of sp³-hybridized carbons (Fsp3) is 0.261. The number of pyridine rings is 1. The van der Waals surface area contributed by atoms with Crippen LogP contribution in [0.4, 0.5) is 19.0 Å². The van der Waals surface area contributed by atoms with E-state index in [9.17, 15) is 18.0 Å². The number of aromatic nitrogens is 3. The summed E-state index contributed by atoms with van der Waals surface area (Å²) in [4.78, 5) is 20.4. The van der Waals surface area contributed by atoms with E-state index < -0.39 is 11.7 Å². The Hall–Kier alpha value is -3.24. The van der Waals surface area contributed by atoms with E-state index >= 15 is 0 Å². The lowest BCUT2D eigenvalue weighted by atomic mass is 10.1. The molecule has 2 N–H and O–H groups in total. The summed E-state index contributed by atoms with van der Waals surface area (Å²) in [6.45, 7) is 1.97. The van der Waals surface area contributed by atoms with Gasteiger partial charge in [0.2, 0.25) is 0 Å². The number of anilines is 1. The number of benzene rings is 1. The fourth-order valence-corrected chi connectivity index (χ4v) is 4.79. The smallest absolute Gasteiger partial charge is 0.357 e. The van der Waals surface area contributed by atoms with Crippen molar-refractivity contribution in [3.63, 3.8) is 0 Å². The second-order valence-corrected chi connectivity index (χ2v) is 8.45. The van der Waals surface area contributed by atoms with Crippen molar-refractivity contribution in [2.45, 2.75) is 19.0 Å². The first-order valence-corrected chi connectivity index (χ1v) is 11.2. The first-order valence-electron chi connectivity index (χ1n) is 10.4.